The highest BCUT2D eigenvalue weighted by Gasteiger charge is 2.08. The predicted octanol–water partition coefficient (Wildman–Crippen LogP) is 4.02. The molecule has 1 unspecified atom stereocenters. The fraction of sp³-hybridized carbons (Fsp3) is 0.333. The molecule has 0 saturated carbocycles. The summed E-state index contributed by atoms with van der Waals surface area (Å²) in [6.07, 6.45) is -0.467. The highest BCUT2D eigenvalue weighted by atomic mass is 32.1. The van der Waals surface area contributed by atoms with Gasteiger partial charge in [0.25, 0.3) is 0 Å². The maximum atomic E-state index is 10.1. The van der Waals surface area contributed by atoms with Crippen LogP contribution in [0.15, 0.2) is 41.1 Å². The number of hydrogen-bond acceptors (Lipinski definition) is 3. The van der Waals surface area contributed by atoms with Crippen LogP contribution >= 0.6 is 11.3 Å². The SMILES string of the molecule is CC(C)c1ccc(C(O)CNc2ccsc2)cc1. The summed E-state index contributed by atoms with van der Waals surface area (Å²) in [7, 11) is 0. The summed E-state index contributed by atoms with van der Waals surface area (Å²) < 4.78 is 0. The Morgan fingerprint density at radius 1 is 1.11 bits per heavy atom. The van der Waals surface area contributed by atoms with Crippen LogP contribution in [0.3, 0.4) is 0 Å². The minimum atomic E-state index is -0.467. The summed E-state index contributed by atoms with van der Waals surface area (Å²) in [4.78, 5) is 0. The van der Waals surface area contributed by atoms with Crippen LogP contribution in [0.1, 0.15) is 37.0 Å². The van der Waals surface area contributed by atoms with Crippen molar-refractivity contribution in [1.29, 1.82) is 0 Å². The minimum Gasteiger partial charge on any atom is -0.387 e. The Morgan fingerprint density at radius 3 is 2.33 bits per heavy atom. The largest absolute Gasteiger partial charge is 0.387 e. The number of nitrogens with one attached hydrogen (secondary N) is 1. The lowest BCUT2D eigenvalue weighted by atomic mass is 10.00. The molecule has 1 aromatic carbocycles. The Bertz CT molecular complexity index is 462. The number of anilines is 1. The van der Waals surface area contributed by atoms with Gasteiger partial charge in [-0.25, -0.2) is 0 Å². The molecular formula is C15H19NOS. The van der Waals surface area contributed by atoms with Gasteiger partial charge in [-0.15, -0.1) is 0 Å². The maximum absolute atomic E-state index is 10.1. The van der Waals surface area contributed by atoms with E-state index in [4.69, 9.17) is 0 Å². The monoisotopic (exact) mass is 261 g/mol. The molecule has 2 nitrogen and oxygen atoms in total. The van der Waals surface area contributed by atoms with E-state index in [9.17, 15) is 5.11 Å². The molecule has 2 aromatic rings. The Labute approximate surface area is 112 Å². The third-order valence-electron chi connectivity index (χ3n) is 3.01. The molecule has 0 saturated heterocycles. The Morgan fingerprint density at radius 2 is 1.78 bits per heavy atom. The molecule has 1 heterocycles. The van der Waals surface area contributed by atoms with Gasteiger partial charge >= 0.3 is 0 Å². The Kier molecular flexibility index (Phi) is 4.39. The van der Waals surface area contributed by atoms with Crippen LogP contribution < -0.4 is 5.32 Å². The molecule has 0 bridgehead atoms. The van der Waals surface area contributed by atoms with Gasteiger partial charge in [0, 0.05) is 17.6 Å². The summed E-state index contributed by atoms with van der Waals surface area (Å²) in [6.45, 7) is 4.88. The van der Waals surface area contributed by atoms with Crippen molar-refractivity contribution < 1.29 is 5.11 Å². The molecule has 1 aromatic heterocycles. The van der Waals surface area contributed by atoms with E-state index in [1.807, 2.05) is 29.0 Å². The molecule has 2 N–H and O–H groups in total. The molecule has 0 fully saturated rings. The van der Waals surface area contributed by atoms with Crippen molar-refractivity contribution in [2.75, 3.05) is 11.9 Å². The number of benzene rings is 1. The highest BCUT2D eigenvalue weighted by molar-refractivity contribution is 7.08. The molecule has 2 rings (SSSR count). The molecule has 1 atom stereocenters. The van der Waals surface area contributed by atoms with Gasteiger partial charge in [0.15, 0.2) is 0 Å². The highest BCUT2D eigenvalue weighted by Crippen LogP contribution is 2.20. The van der Waals surface area contributed by atoms with E-state index in [-0.39, 0.29) is 0 Å². The summed E-state index contributed by atoms with van der Waals surface area (Å²) in [5.74, 6) is 0.528. The van der Waals surface area contributed by atoms with E-state index in [0.29, 0.717) is 12.5 Å². The maximum Gasteiger partial charge on any atom is 0.0962 e. The first kappa shape index (κ1) is 13.1. The molecule has 0 spiro atoms. The second kappa shape index (κ2) is 6.03. The van der Waals surface area contributed by atoms with Crippen LogP contribution in [0.5, 0.6) is 0 Å². The molecule has 0 radical (unpaired) electrons. The van der Waals surface area contributed by atoms with E-state index in [0.717, 1.165) is 11.3 Å². The molecular weight excluding hydrogens is 242 g/mol. The Hall–Kier alpha value is -1.32. The average molecular weight is 261 g/mol. The van der Waals surface area contributed by atoms with Crippen LogP contribution in [0.4, 0.5) is 5.69 Å². The molecule has 0 amide bonds. The van der Waals surface area contributed by atoms with Crippen molar-refractivity contribution in [3.63, 3.8) is 0 Å². The van der Waals surface area contributed by atoms with Crippen molar-refractivity contribution in [3.05, 3.63) is 52.2 Å². The van der Waals surface area contributed by atoms with Gasteiger partial charge in [0.05, 0.1) is 6.10 Å². The minimum absolute atomic E-state index is 0.467. The Balaban J connectivity index is 1.94. The third kappa shape index (κ3) is 3.34. The fourth-order valence-corrected chi connectivity index (χ4v) is 2.41. The number of aliphatic hydroxyl groups excluding tert-OH is 1. The lowest BCUT2D eigenvalue weighted by Crippen LogP contribution is -2.11. The zero-order chi connectivity index (χ0) is 13.0. The third-order valence-corrected chi connectivity index (χ3v) is 3.69. The van der Waals surface area contributed by atoms with Gasteiger partial charge < -0.3 is 10.4 Å². The standard InChI is InChI=1S/C15H19NOS/c1-11(2)12-3-5-13(6-4-12)15(17)9-16-14-7-8-18-10-14/h3-8,10-11,15-17H,9H2,1-2H3. The van der Waals surface area contributed by atoms with Crippen molar-refractivity contribution in [2.45, 2.75) is 25.9 Å². The van der Waals surface area contributed by atoms with Crippen molar-refractivity contribution in [1.82, 2.24) is 0 Å². The normalized spacial score (nSPS) is 12.7. The number of hydrogen-bond donors (Lipinski definition) is 2. The zero-order valence-corrected chi connectivity index (χ0v) is 11.6. The van der Waals surface area contributed by atoms with Crippen LogP contribution in [-0.4, -0.2) is 11.7 Å². The van der Waals surface area contributed by atoms with E-state index in [1.54, 1.807) is 11.3 Å². The molecule has 0 aliphatic rings. The van der Waals surface area contributed by atoms with Gasteiger partial charge in [0.2, 0.25) is 0 Å². The summed E-state index contributed by atoms with van der Waals surface area (Å²) in [5, 5.41) is 17.4. The second-order valence-corrected chi connectivity index (χ2v) is 5.51. The number of rotatable bonds is 5. The van der Waals surface area contributed by atoms with Crippen LogP contribution in [0.2, 0.25) is 0 Å². The molecule has 0 aliphatic heterocycles. The molecule has 3 heteroatoms. The number of aliphatic hydroxyl groups is 1. The van der Waals surface area contributed by atoms with Crippen molar-refractivity contribution in [3.8, 4) is 0 Å². The van der Waals surface area contributed by atoms with Crippen molar-refractivity contribution in [2.24, 2.45) is 0 Å². The first-order chi connectivity index (χ1) is 8.66. The molecule has 0 aliphatic carbocycles. The van der Waals surface area contributed by atoms with E-state index >= 15 is 0 Å². The fourth-order valence-electron chi connectivity index (χ4n) is 1.80. The van der Waals surface area contributed by atoms with Crippen LogP contribution in [0.25, 0.3) is 0 Å². The van der Waals surface area contributed by atoms with Gasteiger partial charge in [-0.2, -0.15) is 11.3 Å². The zero-order valence-electron chi connectivity index (χ0n) is 10.8. The summed E-state index contributed by atoms with van der Waals surface area (Å²) in [6, 6.07) is 10.2. The van der Waals surface area contributed by atoms with Crippen LogP contribution in [-0.2, 0) is 0 Å². The van der Waals surface area contributed by atoms with E-state index in [2.05, 4.69) is 31.3 Å². The smallest absolute Gasteiger partial charge is 0.0962 e. The average Bonchev–Trinajstić information content (AvgIpc) is 2.89. The lowest BCUT2D eigenvalue weighted by molar-refractivity contribution is 0.191. The predicted molar refractivity (Wildman–Crippen MR) is 78.3 cm³/mol. The van der Waals surface area contributed by atoms with Gasteiger partial charge in [0.1, 0.15) is 0 Å². The van der Waals surface area contributed by atoms with Crippen LogP contribution in [0, 0.1) is 0 Å². The number of thiophene rings is 1. The molecule has 96 valence electrons. The van der Waals surface area contributed by atoms with Crippen molar-refractivity contribution >= 4 is 17.0 Å². The summed E-state index contributed by atoms with van der Waals surface area (Å²) >= 11 is 1.65. The summed E-state index contributed by atoms with van der Waals surface area (Å²) in [5.41, 5.74) is 3.33. The quantitative estimate of drug-likeness (QED) is 0.852. The lowest BCUT2D eigenvalue weighted by Gasteiger charge is -2.13. The first-order valence-corrected chi connectivity index (χ1v) is 7.15. The van der Waals surface area contributed by atoms with Gasteiger partial charge in [-0.3, -0.25) is 0 Å². The van der Waals surface area contributed by atoms with Gasteiger partial charge in [-0.05, 0) is 28.5 Å². The van der Waals surface area contributed by atoms with Gasteiger partial charge in [-0.1, -0.05) is 38.1 Å². The molecule has 18 heavy (non-hydrogen) atoms. The first-order valence-electron chi connectivity index (χ1n) is 6.21. The second-order valence-electron chi connectivity index (χ2n) is 4.73. The topological polar surface area (TPSA) is 32.3 Å². The van der Waals surface area contributed by atoms with E-state index in [1.165, 1.54) is 5.56 Å². The van der Waals surface area contributed by atoms with E-state index < -0.39 is 6.10 Å².